The van der Waals surface area contributed by atoms with Gasteiger partial charge in [-0.15, -0.1) is 0 Å². The number of imidazole rings is 1. The number of hydrogen-bond donors (Lipinski definition) is 1. The number of rotatable bonds is 7. The summed E-state index contributed by atoms with van der Waals surface area (Å²) < 4.78 is 13.2. The van der Waals surface area contributed by atoms with Gasteiger partial charge in [0, 0.05) is 0 Å². The van der Waals surface area contributed by atoms with Gasteiger partial charge in [0.1, 0.15) is 12.7 Å². The molecule has 0 unspecified atom stereocenters. The van der Waals surface area contributed by atoms with Crippen LogP contribution in [0.25, 0.3) is 17.1 Å². The van der Waals surface area contributed by atoms with Crippen LogP contribution in [-0.4, -0.2) is 34.5 Å². The van der Waals surface area contributed by atoms with Crippen molar-refractivity contribution >= 4 is 17.1 Å². The molecule has 5 heteroatoms. The summed E-state index contributed by atoms with van der Waals surface area (Å²) in [5.74, 6) is 1.27. The number of aryl methyl sites for hydroxylation is 2. The van der Waals surface area contributed by atoms with Crippen LogP contribution in [0.4, 0.5) is 0 Å². The third kappa shape index (κ3) is 4.31. The minimum absolute atomic E-state index is 0.170. The fraction of sp³-hybridized carbons (Fsp3) is 0.318. The average molecular weight is 366 g/mol. The molecular formula is C22H26N2O3. The molecule has 3 rings (SSSR count). The summed E-state index contributed by atoms with van der Waals surface area (Å²) in [6.07, 6.45) is 5.07. The predicted molar refractivity (Wildman–Crippen MR) is 108 cm³/mol. The van der Waals surface area contributed by atoms with Crippen LogP contribution in [0.1, 0.15) is 23.6 Å². The van der Waals surface area contributed by atoms with E-state index in [9.17, 15) is 5.11 Å². The Balaban J connectivity index is 1.68. The Morgan fingerprint density at radius 2 is 1.93 bits per heavy atom. The number of ether oxygens (including phenoxy) is 2. The Bertz CT molecular complexity index is 960. The number of aromatic nitrogens is 2. The van der Waals surface area contributed by atoms with Gasteiger partial charge in [0.05, 0.1) is 31.0 Å². The van der Waals surface area contributed by atoms with Crippen molar-refractivity contribution in [3.8, 4) is 11.5 Å². The van der Waals surface area contributed by atoms with Crippen LogP contribution in [0.5, 0.6) is 11.5 Å². The lowest BCUT2D eigenvalue weighted by Crippen LogP contribution is -2.23. The first-order chi connectivity index (χ1) is 13.0. The first-order valence-corrected chi connectivity index (χ1v) is 9.05. The van der Waals surface area contributed by atoms with E-state index in [1.165, 1.54) is 11.1 Å². The van der Waals surface area contributed by atoms with E-state index in [0.29, 0.717) is 18.0 Å². The fourth-order valence-electron chi connectivity index (χ4n) is 3.02. The summed E-state index contributed by atoms with van der Waals surface area (Å²) in [7, 11) is 1.61. The zero-order valence-electron chi connectivity index (χ0n) is 16.3. The molecule has 1 N–H and O–H groups in total. The highest BCUT2D eigenvalue weighted by Gasteiger charge is 2.12. The highest BCUT2D eigenvalue weighted by Crippen LogP contribution is 2.29. The Labute approximate surface area is 159 Å². The number of fused-ring (bicyclic) bond motifs is 1. The van der Waals surface area contributed by atoms with Crippen molar-refractivity contribution in [2.24, 2.45) is 0 Å². The maximum atomic E-state index is 10.4. The lowest BCUT2D eigenvalue weighted by molar-refractivity contribution is 0.0919. The lowest BCUT2D eigenvalue weighted by Gasteiger charge is -2.16. The minimum atomic E-state index is -0.663. The summed E-state index contributed by atoms with van der Waals surface area (Å²) >= 11 is 0. The molecule has 0 fully saturated rings. The van der Waals surface area contributed by atoms with E-state index in [4.69, 9.17) is 9.47 Å². The van der Waals surface area contributed by atoms with Crippen LogP contribution in [0.2, 0.25) is 0 Å². The molecule has 2 aromatic carbocycles. The summed E-state index contributed by atoms with van der Waals surface area (Å²) in [6.45, 7) is 6.71. The Kier molecular flexibility index (Phi) is 5.81. The Hall–Kier alpha value is -2.79. The molecular weight excluding hydrogens is 340 g/mol. The highest BCUT2D eigenvalue weighted by atomic mass is 16.5. The van der Waals surface area contributed by atoms with Crippen molar-refractivity contribution in [2.75, 3.05) is 13.7 Å². The molecule has 1 heterocycles. The highest BCUT2D eigenvalue weighted by molar-refractivity contribution is 5.77. The summed E-state index contributed by atoms with van der Waals surface area (Å²) in [6, 6.07) is 9.91. The fourth-order valence-corrected chi connectivity index (χ4v) is 3.02. The number of hydrogen-bond acceptors (Lipinski definition) is 4. The van der Waals surface area contributed by atoms with Gasteiger partial charge >= 0.3 is 0 Å². The van der Waals surface area contributed by atoms with Gasteiger partial charge in [-0.3, -0.25) is 0 Å². The number of allylic oxidation sites excluding steroid dienone is 1. The van der Waals surface area contributed by atoms with Crippen molar-refractivity contribution in [2.45, 2.75) is 33.4 Å². The van der Waals surface area contributed by atoms with Crippen molar-refractivity contribution in [3.63, 3.8) is 0 Å². The molecule has 0 amide bonds. The molecule has 5 nitrogen and oxygen atoms in total. The molecule has 1 atom stereocenters. The molecule has 0 aliphatic rings. The monoisotopic (exact) mass is 366 g/mol. The third-order valence-corrected chi connectivity index (χ3v) is 4.62. The van der Waals surface area contributed by atoms with Crippen molar-refractivity contribution in [1.29, 1.82) is 0 Å². The van der Waals surface area contributed by atoms with E-state index in [1.54, 1.807) is 13.4 Å². The average Bonchev–Trinajstić information content (AvgIpc) is 3.02. The standard InChI is InChI=1S/C22H26N2O3/c1-5-6-17-7-8-21(22(11-17)26-4)27-13-18(25)12-24-14-23-19-9-15(2)16(3)10-20(19)24/h5-11,14,18,25H,12-13H2,1-4H3/b6-5+/t18-/m0/s1. The van der Waals surface area contributed by atoms with Crippen LogP contribution in [0, 0.1) is 13.8 Å². The maximum absolute atomic E-state index is 10.4. The van der Waals surface area contributed by atoms with Gasteiger partial charge in [-0.25, -0.2) is 4.98 Å². The normalized spacial score (nSPS) is 12.6. The number of nitrogens with zero attached hydrogens (tertiary/aromatic N) is 2. The quantitative estimate of drug-likeness (QED) is 0.683. The van der Waals surface area contributed by atoms with Gasteiger partial charge in [-0.05, 0) is 61.7 Å². The summed E-state index contributed by atoms with van der Waals surface area (Å²) in [5.41, 5.74) is 5.42. The first-order valence-electron chi connectivity index (χ1n) is 9.05. The minimum Gasteiger partial charge on any atom is -0.493 e. The topological polar surface area (TPSA) is 56.5 Å². The largest absolute Gasteiger partial charge is 0.493 e. The Morgan fingerprint density at radius 1 is 1.15 bits per heavy atom. The van der Waals surface area contributed by atoms with Gasteiger partial charge in [0.2, 0.25) is 0 Å². The molecule has 0 radical (unpaired) electrons. The molecule has 0 saturated carbocycles. The lowest BCUT2D eigenvalue weighted by atomic mass is 10.1. The van der Waals surface area contributed by atoms with Crippen LogP contribution in [-0.2, 0) is 6.54 Å². The van der Waals surface area contributed by atoms with E-state index in [0.717, 1.165) is 16.6 Å². The molecule has 0 saturated heterocycles. The van der Waals surface area contributed by atoms with Gasteiger partial charge in [-0.1, -0.05) is 18.2 Å². The van der Waals surface area contributed by atoms with Gasteiger partial charge < -0.3 is 19.1 Å². The van der Waals surface area contributed by atoms with Gasteiger partial charge in [0.15, 0.2) is 11.5 Å². The van der Waals surface area contributed by atoms with E-state index in [2.05, 4.69) is 31.0 Å². The second kappa shape index (κ2) is 8.27. The van der Waals surface area contributed by atoms with Gasteiger partial charge in [0.25, 0.3) is 0 Å². The third-order valence-electron chi connectivity index (χ3n) is 4.62. The smallest absolute Gasteiger partial charge is 0.161 e. The van der Waals surface area contributed by atoms with Gasteiger partial charge in [-0.2, -0.15) is 0 Å². The molecule has 0 aliphatic carbocycles. The van der Waals surface area contributed by atoms with Crippen LogP contribution >= 0.6 is 0 Å². The zero-order valence-corrected chi connectivity index (χ0v) is 16.3. The molecule has 0 bridgehead atoms. The number of aliphatic hydroxyl groups excluding tert-OH is 1. The van der Waals surface area contributed by atoms with Crippen LogP contribution in [0.15, 0.2) is 42.7 Å². The Morgan fingerprint density at radius 3 is 2.67 bits per heavy atom. The van der Waals surface area contributed by atoms with E-state index in [-0.39, 0.29) is 6.61 Å². The molecule has 142 valence electrons. The second-order valence-corrected chi connectivity index (χ2v) is 6.70. The van der Waals surface area contributed by atoms with E-state index >= 15 is 0 Å². The van der Waals surface area contributed by atoms with Crippen molar-refractivity contribution < 1.29 is 14.6 Å². The number of methoxy groups -OCH3 is 1. The summed E-state index contributed by atoms with van der Waals surface area (Å²) in [4.78, 5) is 4.43. The molecule has 3 aromatic rings. The van der Waals surface area contributed by atoms with E-state index in [1.807, 2.05) is 41.8 Å². The van der Waals surface area contributed by atoms with E-state index < -0.39 is 6.10 Å². The first kappa shape index (κ1) is 19.0. The summed E-state index contributed by atoms with van der Waals surface area (Å²) in [5, 5.41) is 10.4. The predicted octanol–water partition coefficient (Wildman–Crippen LogP) is 4.13. The van der Waals surface area contributed by atoms with Crippen LogP contribution in [0.3, 0.4) is 0 Å². The molecule has 27 heavy (non-hydrogen) atoms. The molecule has 0 aliphatic heterocycles. The van der Waals surface area contributed by atoms with Crippen molar-refractivity contribution in [3.05, 3.63) is 59.4 Å². The number of aliphatic hydroxyl groups is 1. The maximum Gasteiger partial charge on any atom is 0.161 e. The molecule has 0 spiro atoms. The second-order valence-electron chi connectivity index (χ2n) is 6.70. The van der Waals surface area contributed by atoms with Crippen molar-refractivity contribution in [1.82, 2.24) is 9.55 Å². The van der Waals surface area contributed by atoms with Crippen LogP contribution < -0.4 is 9.47 Å². The SMILES string of the molecule is C/C=C/c1ccc(OC[C@@H](O)Cn2cnc3cc(C)c(C)cc32)c(OC)c1. The number of benzene rings is 2. The zero-order chi connectivity index (χ0) is 19.4. The molecule has 1 aromatic heterocycles.